The number of rotatable bonds is 2. The van der Waals surface area contributed by atoms with Gasteiger partial charge in [0.15, 0.2) is 0 Å². The van der Waals surface area contributed by atoms with Gasteiger partial charge in [-0.25, -0.2) is 4.98 Å². The van der Waals surface area contributed by atoms with Crippen molar-refractivity contribution >= 4 is 11.7 Å². The fourth-order valence-electron chi connectivity index (χ4n) is 1.80. The quantitative estimate of drug-likeness (QED) is 0.819. The van der Waals surface area contributed by atoms with Gasteiger partial charge in [0.2, 0.25) is 0 Å². The molecule has 1 heterocycles. The van der Waals surface area contributed by atoms with Gasteiger partial charge in [0.1, 0.15) is 5.82 Å². The molecule has 1 aromatic heterocycles. The highest BCUT2D eigenvalue weighted by molar-refractivity contribution is 6.03. The number of aryl methyl sites for hydroxylation is 1. The lowest BCUT2D eigenvalue weighted by Gasteiger charge is -2.10. The molecule has 0 aliphatic carbocycles. The van der Waals surface area contributed by atoms with E-state index in [1.165, 1.54) is 0 Å². The van der Waals surface area contributed by atoms with Gasteiger partial charge in [0.25, 0.3) is 5.91 Å². The molecule has 0 saturated heterocycles. The SMILES string of the molecule is Cc1cc(-c2ccccc2)c(C(N)=O)c(N)n1. The van der Waals surface area contributed by atoms with E-state index in [1.54, 1.807) is 0 Å². The fourth-order valence-corrected chi connectivity index (χ4v) is 1.80. The molecule has 0 bridgehead atoms. The summed E-state index contributed by atoms with van der Waals surface area (Å²) in [6.45, 7) is 1.83. The molecule has 0 saturated carbocycles. The summed E-state index contributed by atoms with van der Waals surface area (Å²) in [5, 5.41) is 0. The van der Waals surface area contributed by atoms with Crippen molar-refractivity contribution in [3.05, 3.63) is 47.7 Å². The zero-order valence-electron chi connectivity index (χ0n) is 9.47. The molecule has 1 aromatic carbocycles. The van der Waals surface area contributed by atoms with Crippen molar-refractivity contribution in [3.63, 3.8) is 0 Å². The maximum Gasteiger partial charge on any atom is 0.253 e. The molecule has 0 fully saturated rings. The van der Waals surface area contributed by atoms with Crippen LogP contribution in [-0.2, 0) is 0 Å². The summed E-state index contributed by atoms with van der Waals surface area (Å²) in [6.07, 6.45) is 0. The number of carbonyl (C=O) groups excluding carboxylic acids is 1. The third-order valence-corrected chi connectivity index (χ3v) is 2.51. The Morgan fingerprint density at radius 3 is 2.47 bits per heavy atom. The van der Waals surface area contributed by atoms with Crippen molar-refractivity contribution in [3.8, 4) is 11.1 Å². The summed E-state index contributed by atoms with van der Waals surface area (Å²) in [5.74, 6) is -0.384. The fraction of sp³-hybridized carbons (Fsp3) is 0.0769. The molecule has 0 spiro atoms. The van der Waals surface area contributed by atoms with Gasteiger partial charge in [-0.15, -0.1) is 0 Å². The van der Waals surface area contributed by atoms with Crippen molar-refractivity contribution in [1.82, 2.24) is 4.98 Å². The number of hydrogen-bond acceptors (Lipinski definition) is 3. The number of hydrogen-bond donors (Lipinski definition) is 2. The van der Waals surface area contributed by atoms with Crippen LogP contribution in [0.5, 0.6) is 0 Å². The number of pyridine rings is 1. The molecule has 1 amide bonds. The highest BCUT2D eigenvalue weighted by atomic mass is 16.1. The maximum absolute atomic E-state index is 11.4. The van der Waals surface area contributed by atoms with Crippen LogP contribution >= 0.6 is 0 Å². The van der Waals surface area contributed by atoms with Crippen LogP contribution in [0, 0.1) is 6.92 Å². The van der Waals surface area contributed by atoms with Gasteiger partial charge in [-0.1, -0.05) is 30.3 Å². The molecule has 0 unspecified atom stereocenters. The lowest BCUT2D eigenvalue weighted by molar-refractivity contribution is 0.100. The summed E-state index contributed by atoms with van der Waals surface area (Å²) < 4.78 is 0. The first-order valence-electron chi connectivity index (χ1n) is 5.22. The molecule has 4 heteroatoms. The molecule has 2 aromatic rings. The third kappa shape index (κ3) is 2.10. The Bertz CT molecular complexity index is 564. The molecule has 2 rings (SSSR count). The van der Waals surface area contributed by atoms with E-state index >= 15 is 0 Å². The maximum atomic E-state index is 11.4. The summed E-state index contributed by atoms with van der Waals surface area (Å²) in [4.78, 5) is 15.5. The van der Waals surface area contributed by atoms with Crippen LogP contribution in [0.2, 0.25) is 0 Å². The average molecular weight is 227 g/mol. The normalized spacial score (nSPS) is 10.2. The number of nitrogens with two attached hydrogens (primary N) is 2. The van der Waals surface area contributed by atoms with E-state index in [-0.39, 0.29) is 11.4 Å². The highest BCUT2D eigenvalue weighted by Gasteiger charge is 2.15. The Morgan fingerprint density at radius 1 is 1.24 bits per heavy atom. The first kappa shape index (κ1) is 11.1. The van der Waals surface area contributed by atoms with E-state index in [0.717, 1.165) is 16.8 Å². The third-order valence-electron chi connectivity index (χ3n) is 2.51. The van der Waals surface area contributed by atoms with Crippen LogP contribution in [0.4, 0.5) is 5.82 Å². The van der Waals surface area contributed by atoms with Crippen molar-refractivity contribution in [2.75, 3.05) is 5.73 Å². The minimum absolute atomic E-state index is 0.177. The predicted molar refractivity (Wildman–Crippen MR) is 67.3 cm³/mol. The molecule has 0 atom stereocenters. The number of nitrogens with zero attached hydrogens (tertiary/aromatic N) is 1. The second-order valence-corrected chi connectivity index (χ2v) is 3.80. The Kier molecular flexibility index (Phi) is 2.78. The molecule has 0 aliphatic heterocycles. The van der Waals surface area contributed by atoms with Gasteiger partial charge in [-0.3, -0.25) is 4.79 Å². The molecule has 17 heavy (non-hydrogen) atoms. The van der Waals surface area contributed by atoms with E-state index < -0.39 is 5.91 Å². The van der Waals surface area contributed by atoms with Crippen molar-refractivity contribution < 1.29 is 4.79 Å². The smallest absolute Gasteiger partial charge is 0.253 e. The summed E-state index contributed by atoms with van der Waals surface area (Å²) >= 11 is 0. The lowest BCUT2D eigenvalue weighted by atomic mass is 9.99. The van der Waals surface area contributed by atoms with Crippen molar-refractivity contribution in [2.45, 2.75) is 6.92 Å². The van der Waals surface area contributed by atoms with Crippen molar-refractivity contribution in [2.24, 2.45) is 5.73 Å². The Morgan fingerprint density at radius 2 is 1.88 bits per heavy atom. The number of anilines is 1. The monoisotopic (exact) mass is 227 g/mol. The Hall–Kier alpha value is -2.36. The summed E-state index contributed by atoms with van der Waals surface area (Å²) in [6, 6.07) is 11.3. The number of aromatic nitrogens is 1. The first-order valence-corrected chi connectivity index (χ1v) is 5.22. The van der Waals surface area contributed by atoms with Gasteiger partial charge in [-0.2, -0.15) is 0 Å². The molecule has 4 N–H and O–H groups in total. The van der Waals surface area contributed by atoms with E-state index in [9.17, 15) is 4.79 Å². The minimum atomic E-state index is -0.561. The van der Waals surface area contributed by atoms with E-state index in [0.29, 0.717) is 0 Å². The van der Waals surface area contributed by atoms with Crippen LogP contribution in [-0.4, -0.2) is 10.9 Å². The van der Waals surface area contributed by atoms with Gasteiger partial charge in [0.05, 0.1) is 5.56 Å². The lowest BCUT2D eigenvalue weighted by Crippen LogP contribution is -2.16. The van der Waals surface area contributed by atoms with Gasteiger partial charge in [-0.05, 0) is 24.1 Å². The Labute approximate surface area is 99.3 Å². The van der Waals surface area contributed by atoms with Gasteiger partial charge in [0, 0.05) is 5.69 Å². The molecule has 0 aliphatic rings. The van der Waals surface area contributed by atoms with Gasteiger partial charge >= 0.3 is 0 Å². The van der Waals surface area contributed by atoms with Crippen LogP contribution in [0.3, 0.4) is 0 Å². The largest absolute Gasteiger partial charge is 0.383 e. The second kappa shape index (κ2) is 4.25. The number of amides is 1. The van der Waals surface area contributed by atoms with E-state index in [4.69, 9.17) is 11.5 Å². The molecular weight excluding hydrogens is 214 g/mol. The first-order chi connectivity index (χ1) is 8.09. The summed E-state index contributed by atoms with van der Waals surface area (Å²) in [7, 11) is 0. The minimum Gasteiger partial charge on any atom is -0.383 e. The number of benzene rings is 1. The molecule has 86 valence electrons. The predicted octanol–water partition coefficient (Wildman–Crippen LogP) is 1.74. The standard InChI is InChI=1S/C13H13N3O/c1-8-7-10(9-5-3-2-4-6-9)11(13(15)17)12(14)16-8/h2-7H,1H3,(H2,14,16)(H2,15,17). The van der Waals surface area contributed by atoms with Crippen molar-refractivity contribution in [1.29, 1.82) is 0 Å². The second-order valence-electron chi connectivity index (χ2n) is 3.80. The van der Waals surface area contributed by atoms with Gasteiger partial charge < -0.3 is 11.5 Å². The Balaban J connectivity index is 2.72. The number of primary amides is 1. The van der Waals surface area contributed by atoms with E-state index in [1.807, 2.05) is 43.3 Å². The summed E-state index contributed by atoms with van der Waals surface area (Å²) in [5.41, 5.74) is 13.8. The van der Waals surface area contributed by atoms with Crippen LogP contribution in [0.1, 0.15) is 16.1 Å². The van der Waals surface area contributed by atoms with Crippen LogP contribution in [0.15, 0.2) is 36.4 Å². The van der Waals surface area contributed by atoms with E-state index in [2.05, 4.69) is 4.98 Å². The number of nitrogen functional groups attached to an aromatic ring is 1. The zero-order chi connectivity index (χ0) is 12.4. The highest BCUT2D eigenvalue weighted by Crippen LogP contribution is 2.27. The number of carbonyl (C=O) groups is 1. The zero-order valence-corrected chi connectivity index (χ0v) is 9.47. The molecule has 4 nitrogen and oxygen atoms in total. The van der Waals surface area contributed by atoms with Crippen LogP contribution in [0.25, 0.3) is 11.1 Å². The average Bonchev–Trinajstić information content (AvgIpc) is 2.28. The topological polar surface area (TPSA) is 82.0 Å². The molecular formula is C13H13N3O. The molecule has 0 radical (unpaired) electrons. The van der Waals surface area contributed by atoms with Crippen LogP contribution < -0.4 is 11.5 Å².